The minimum atomic E-state index is 1.00. The van der Waals surface area contributed by atoms with Gasteiger partial charge in [-0.3, -0.25) is 0 Å². The summed E-state index contributed by atoms with van der Waals surface area (Å²) in [5.74, 6) is 11.2. The third-order valence-electron chi connectivity index (χ3n) is 9.97. The Morgan fingerprint density at radius 1 is 0.500 bits per heavy atom. The molecule has 0 aromatic heterocycles. The van der Waals surface area contributed by atoms with Crippen molar-refractivity contribution in [2.45, 2.75) is 90.9 Å². The van der Waals surface area contributed by atoms with Crippen molar-refractivity contribution < 1.29 is 0 Å². The second-order valence-electron chi connectivity index (χ2n) is 11.0. The molecule has 5 saturated carbocycles. The molecule has 5 aliphatic carbocycles. The first-order valence-electron chi connectivity index (χ1n) is 11.7. The van der Waals surface area contributed by atoms with Crippen molar-refractivity contribution in [1.29, 1.82) is 0 Å². The van der Waals surface area contributed by atoms with Crippen LogP contribution in [0.3, 0.4) is 0 Å². The molecule has 0 radical (unpaired) electrons. The fourth-order valence-electron chi connectivity index (χ4n) is 9.20. The van der Waals surface area contributed by atoms with Gasteiger partial charge in [0.1, 0.15) is 0 Å². The first-order chi connectivity index (χ1) is 11.7. The van der Waals surface area contributed by atoms with Gasteiger partial charge in [-0.1, -0.05) is 39.5 Å². The van der Waals surface area contributed by atoms with Crippen molar-refractivity contribution in [1.82, 2.24) is 0 Å². The van der Waals surface area contributed by atoms with E-state index in [4.69, 9.17) is 0 Å². The molecule has 0 aliphatic heterocycles. The van der Waals surface area contributed by atoms with Gasteiger partial charge in [-0.15, -0.1) is 0 Å². The van der Waals surface area contributed by atoms with Gasteiger partial charge in [-0.25, -0.2) is 0 Å². The molecule has 5 fully saturated rings. The lowest BCUT2D eigenvalue weighted by atomic mass is 9.45. The highest BCUT2D eigenvalue weighted by Crippen LogP contribution is 2.62. The summed E-state index contributed by atoms with van der Waals surface area (Å²) in [4.78, 5) is 0. The minimum Gasteiger partial charge on any atom is -0.0625 e. The Morgan fingerprint density at radius 2 is 1.08 bits per heavy atom. The summed E-state index contributed by atoms with van der Waals surface area (Å²) < 4.78 is 0. The molecule has 0 heteroatoms. The summed E-state index contributed by atoms with van der Waals surface area (Å²) in [6.45, 7) is 5.12. The summed E-state index contributed by atoms with van der Waals surface area (Å²) in [6, 6.07) is 0. The third-order valence-corrected chi connectivity index (χ3v) is 9.97. The van der Waals surface area contributed by atoms with Crippen LogP contribution in [0.15, 0.2) is 0 Å². The predicted molar refractivity (Wildman–Crippen MR) is 102 cm³/mol. The van der Waals surface area contributed by atoms with E-state index in [9.17, 15) is 0 Å². The molecule has 0 aromatic carbocycles. The van der Waals surface area contributed by atoms with E-state index in [1.54, 1.807) is 64.2 Å². The predicted octanol–water partition coefficient (Wildman–Crippen LogP) is 6.94. The maximum absolute atomic E-state index is 2.61. The first-order valence-corrected chi connectivity index (χ1v) is 11.7. The lowest BCUT2D eigenvalue weighted by molar-refractivity contribution is -0.114. The summed E-state index contributed by atoms with van der Waals surface area (Å²) in [6.07, 6.45) is 19.1. The quantitative estimate of drug-likeness (QED) is 0.489. The van der Waals surface area contributed by atoms with Crippen molar-refractivity contribution in [3.63, 3.8) is 0 Å². The van der Waals surface area contributed by atoms with Crippen LogP contribution in [0, 0.1) is 59.2 Å². The molecular formula is C24H40. The van der Waals surface area contributed by atoms with Crippen molar-refractivity contribution in [2.75, 3.05) is 0 Å². The van der Waals surface area contributed by atoms with Crippen LogP contribution in [0.4, 0.5) is 0 Å². The summed E-state index contributed by atoms with van der Waals surface area (Å²) >= 11 is 0. The lowest BCUT2D eigenvalue weighted by Crippen LogP contribution is -2.53. The van der Waals surface area contributed by atoms with Crippen LogP contribution in [0.25, 0.3) is 0 Å². The Morgan fingerprint density at radius 3 is 1.79 bits per heavy atom. The topological polar surface area (TPSA) is 0 Å². The summed E-state index contributed by atoms with van der Waals surface area (Å²) in [7, 11) is 0. The molecule has 0 saturated heterocycles. The number of hydrogen-bond donors (Lipinski definition) is 0. The fraction of sp³-hybridized carbons (Fsp3) is 1.00. The number of rotatable bonds is 1. The zero-order valence-electron chi connectivity index (χ0n) is 16.3. The van der Waals surface area contributed by atoms with Gasteiger partial charge in [0.25, 0.3) is 0 Å². The normalized spacial score (nSPS) is 57.2. The van der Waals surface area contributed by atoms with E-state index in [0.29, 0.717) is 0 Å². The maximum Gasteiger partial charge on any atom is -0.0321 e. The van der Waals surface area contributed by atoms with Crippen molar-refractivity contribution in [2.24, 2.45) is 59.2 Å². The average molecular weight is 329 g/mol. The molecule has 5 rings (SSSR count). The van der Waals surface area contributed by atoms with E-state index in [0.717, 1.165) is 47.3 Å². The molecule has 0 nitrogen and oxygen atoms in total. The summed E-state index contributed by atoms with van der Waals surface area (Å²) in [5.41, 5.74) is 0. The molecule has 5 aliphatic rings. The van der Waals surface area contributed by atoms with Crippen molar-refractivity contribution in [3.8, 4) is 0 Å². The lowest BCUT2D eigenvalue weighted by Gasteiger charge is -2.60. The Hall–Kier alpha value is 0. The van der Waals surface area contributed by atoms with Crippen LogP contribution in [0.2, 0.25) is 0 Å². The Labute approximate surface area is 150 Å². The van der Waals surface area contributed by atoms with Gasteiger partial charge >= 0.3 is 0 Å². The molecule has 10 atom stereocenters. The van der Waals surface area contributed by atoms with Crippen LogP contribution < -0.4 is 0 Å². The largest absolute Gasteiger partial charge is 0.0625 e. The Balaban J connectivity index is 1.40. The maximum atomic E-state index is 2.61. The molecule has 0 N–H and O–H groups in total. The van der Waals surface area contributed by atoms with Gasteiger partial charge in [0.05, 0.1) is 0 Å². The van der Waals surface area contributed by atoms with E-state index in [2.05, 4.69) is 13.8 Å². The smallest absolute Gasteiger partial charge is 0.0321 e. The van der Waals surface area contributed by atoms with Crippen molar-refractivity contribution >= 4 is 0 Å². The standard InChI is InChI=1S/C24H40/c1-15-6-11-20(16(2)14-15)21-12-9-19-8-7-17-4-3-5-18-10-13-22(21)24(19)23(17)18/h15-24H,3-14H2,1-2H3. The minimum absolute atomic E-state index is 1.00. The fourth-order valence-corrected chi connectivity index (χ4v) is 9.20. The zero-order valence-corrected chi connectivity index (χ0v) is 16.3. The van der Waals surface area contributed by atoms with E-state index in [-0.39, 0.29) is 0 Å². The van der Waals surface area contributed by atoms with Crippen LogP contribution in [0.1, 0.15) is 90.9 Å². The average Bonchev–Trinajstić information content (AvgIpc) is 2.60. The van der Waals surface area contributed by atoms with Gasteiger partial charge in [-0.2, -0.15) is 0 Å². The molecule has 0 bridgehead atoms. The highest BCUT2D eigenvalue weighted by molar-refractivity contribution is 5.04. The van der Waals surface area contributed by atoms with E-state index < -0.39 is 0 Å². The second-order valence-corrected chi connectivity index (χ2v) is 11.0. The SMILES string of the molecule is CC1CCC(C2CCC3CCC4CCCC5CCC2C3C45)C(C)C1. The van der Waals surface area contributed by atoms with Crippen LogP contribution in [-0.4, -0.2) is 0 Å². The number of hydrogen-bond acceptors (Lipinski definition) is 0. The highest BCUT2D eigenvalue weighted by atomic mass is 14.6. The molecule has 24 heavy (non-hydrogen) atoms. The zero-order chi connectivity index (χ0) is 16.3. The molecular weight excluding hydrogens is 288 g/mol. The van der Waals surface area contributed by atoms with Gasteiger partial charge in [0, 0.05) is 0 Å². The van der Waals surface area contributed by atoms with E-state index in [1.807, 2.05) is 0 Å². The second kappa shape index (κ2) is 6.31. The molecule has 10 unspecified atom stereocenters. The first kappa shape index (κ1) is 16.2. The Kier molecular flexibility index (Phi) is 4.26. The monoisotopic (exact) mass is 328 g/mol. The molecule has 0 heterocycles. The molecule has 0 amide bonds. The summed E-state index contributed by atoms with van der Waals surface area (Å²) in [5, 5.41) is 0. The molecule has 136 valence electrons. The molecule has 0 aromatic rings. The van der Waals surface area contributed by atoms with Crippen LogP contribution in [0.5, 0.6) is 0 Å². The highest BCUT2D eigenvalue weighted by Gasteiger charge is 2.54. The van der Waals surface area contributed by atoms with Gasteiger partial charge in [0.15, 0.2) is 0 Å². The van der Waals surface area contributed by atoms with Gasteiger partial charge in [0.2, 0.25) is 0 Å². The van der Waals surface area contributed by atoms with Gasteiger partial charge in [-0.05, 0) is 111 Å². The van der Waals surface area contributed by atoms with Crippen molar-refractivity contribution in [3.05, 3.63) is 0 Å². The van der Waals surface area contributed by atoms with Crippen LogP contribution >= 0.6 is 0 Å². The Bertz CT molecular complexity index is 447. The third kappa shape index (κ3) is 2.52. The van der Waals surface area contributed by atoms with Crippen LogP contribution in [-0.2, 0) is 0 Å². The van der Waals surface area contributed by atoms with E-state index >= 15 is 0 Å². The molecule has 0 spiro atoms. The van der Waals surface area contributed by atoms with Gasteiger partial charge < -0.3 is 0 Å². The van der Waals surface area contributed by atoms with E-state index in [1.165, 1.54) is 24.7 Å².